The molecule has 2 aromatic heterocycles. The number of likely N-dealkylation sites (tertiary alicyclic amines) is 1. The highest BCUT2D eigenvalue weighted by Gasteiger charge is 2.40. The van der Waals surface area contributed by atoms with Crippen molar-refractivity contribution in [1.82, 2.24) is 30.1 Å². The molecule has 198 valence electrons. The van der Waals surface area contributed by atoms with Crippen molar-refractivity contribution >= 4 is 5.91 Å². The van der Waals surface area contributed by atoms with Crippen molar-refractivity contribution in [3.8, 4) is 28.5 Å². The van der Waals surface area contributed by atoms with Gasteiger partial charge in [-0.3, -0.25) is 4.79 Å². The van der Waals surface area contributed by atoms with Crippen LogP contribution in [0.15, 0.2) is 65.3 Å². The zero-order valence-electron chi connectivity index (χ0n) is 20.2. The van der Waals surface area contributed by atoms with Gasteiger partial charge in [-0.1, -0.05) is 47.6 Å². The molecule has 12 heteroatoms. The van der Waals surface area contributed by atoms with Crippen molar-refractivity contribution in [3.63, 3.8) is 0 Å². The fourth-order valence-electron chi connectivity index (χ4n) is 4.40. The van der Waals surface area contributed by atoms with E-state index in [1.807, 2.05) is 0 Å². The summed E-state index contributed by atoms with van der Waals surface area (Å²) in [4.78, 5) is 18.7. The van der Waals surface area contributed by atoms with Gasteiger partial charge in [0.05, 0.1) is 17.4 Å². The first-order chi connectivity index (χ1) is 18.3. The number of carbonyl (C=O) groups is 1. The Morgan fingerprint density at radius 3 is 2.47 bits per heavy atom. The number of aliphatic hydroxyl groups is 1. The summed E-state index contributed by atoms with van der Waals surface area (Å²) >= 11 is 0. The van der Waals surface area contributed by atoms with Gasteiger partial charge in [0.25, 0.3) is 11.8 Å². The minimum Gasteiger partial charge on any atom is -0.378 e. The largest absolute Gasteiger partial charge is 0.434 e. The Kier molecular flexibility index (Phi) is 7.25. The van der Waals surface area contributed by atoms with Crippen LogP contribution in [0.25, 0.3) is 28.5 Å². The highest BCUT2D eigenvalue weighted by Crippen LogP contribution is 2.38. The molecular formula is C26H25F3N6O3. The average Bonchev–Trinajstić information content (AvgIpc) is 3.69. The van der Waals surface area contributed by atoms with Crippen molar-refractivity contribution in [2.45, 2.75) is 25.1 Å². The smallest absolute Gasteiger partial charge is 0.378 e. The van der Waals surface area contributed by atoms with Crippen molar-refractivity contribution < 1.29 is 27.6 Å². The van der Waals surface area contributed by atoms with Gasteiger partial charge in [0, 0.05) is 18.7 Å². The summed E-state index contributed by atoms with van der Waals surface area (Å²) in [6.07, 6.45) is -2.74. The summed E-state index contributed by atoms with van der Waals surface area (Å²) in [5.41, 5.74) is -0.347. The molecule has 0 unspecified atom stereocenters. The Labute approximate surface area is 215 Å². The molecule has 2 aromatic carbocycles. The maximum absolute atomic E-state index is 14.0. The number of alkyl halides is 3. The van der Waals surface area contributed by atoms with Crippen LogP contribution in [0.4, 0.5) is 13.2 Å². The predicted octanol–water partition coefficient (Wildman–Crippen LogP) is 3.85. The SMILES string of the molecule is O=C(NCCN1CCCC1)[C@@H](O)c1ccc(-c2noc(-c3cnn(-c4ccccc4)c3C(F)(F)F)n2)cc1. The first kappa shape index (κ1) is 25.6. The molecule has 1 aliphatic heterocycles. The number of para-hydroxylation sites is 1. The number of hydrogen-bond acceptors (Lipinski definition) is 7. The summed E-state index contributed by atoms with van der Waals surface area (Å²) in [7, 11) is 0. The second-order valence-electron chi connectivity index (χ2n) is 8.94. The standard InChI is InChI=1S/C26H25F3N6O3/c27-26(28,29)22-20(16-31-35(22)19-6-2-1-3-7-19)25-32-23(33-38-25)18-10-8-17(9-11-18)21(36)24(37)30-12-15-34-13-4-5-14-34/h1-3,6-11,16,21,36H,4-5,12-15H2,(H,30,37)/t21-/m0/s1. The monoisotopic (exact) mass is 526 g/mol. The zero-order valence-corrected chi connectivity index (χ0v) is 20.2. The fraction of sp³-hybridized carbons (Fsp3) is 0.308. The number of carbonyl (C=O) groups excluding carboxylic acids is 1. The molecule has 3 heterocycles. The Balaban J connectivity index is 1.30. The topological polar surface area (TPSA) is 109 Å². The van der Waals surface area contributed by atoms with E-state index in [1.54, 1.807) is 30.3 Å². The second-order valence-corrected chi connectivity index (χ2v) is 8.94. The predicted molar refractivity (Wildman–Crippen MR) is 131 cm³/mol. The first-order valence-corrected chi connectivity index (χ1v) is 12.1. The molecule has 0 radical (unpaired) electrons. The van der Waals surface area contributed by atoms with E-state index in [4.69, 9.17) is 4.52 Å². The summed E-state index contributed by atoms with van der Waals surface area (Å²) in [5.74, 6) is -0.790. The van der Waals surface area contributed by atoms with E-state index in [9.17, 15) is 23.1 Å². The number of rotatable bonds is 8. The van der Waals surface area contributed by atoms with E-state index in [2.05, 4.69) is 25.5 Å². The van der Waals surface area contributed by atoms with Crippen LogP contribution in [-0.2, 0) is 11.0 Å². The Bertz CT molecular complexity index is 1380. The average molecular weight is 527 g/mol. The molecule has 1 aliphatic rings. The maximum Gasteiger partial charge on any atom is 0.434 e. The van der Waals surface area contributed by atoms with Crippen LogP contribution in [0.2, 0.25) is 0 Å². The number of aromatic nitrogens is 4. The molecule has 1 saturated heterocycles. The van der Waals surface area contributed by atoms with Crippen LogP contribution < -0.4 is 5.32 Å². The van der Waals surface area contributed by atoms with Crippen LogP contribution >= 0.6 is 0 Å². The number of halogens is 3. The third-order valence-corrected chi connectivity index (χ3v) is 6.35. The molecule has 9 nitrogen and oxygen atoms in total. The van der Waals surface area contributed by atoms with Gasteiger partial charge in [-0.05, 0) is 43.6 Å². The highest BCUT2D eigenvalue weighted by atomic mass is 19.4. The van der Waals surface area contributed by atoms with Gasteiger partial charge < -0.3 is 19.8 Å². The van der Waals surface area contributed by atoms with E-state index in [0.29, 0.717) is 17.7 Å². The lowest BCUT2D eigenvalue weighted by atomic mass is 10.1. The van der Waals surface area contributed by atoms with Gasteiger partial charge in [-0.15, -0.1) is 0 Å². The number of nitrogens with zero attached hydrogens (tertiary/aromatic N) is 5. The Morgan fingerprint density at radius 1 is 1.08 bits per heavy atom. The molecular weight excluding hydrogens is 501 g/mol. The lowest BCUT2D eigenvalue weighted by molar-refractivity contribution is -0.142. The van der Waals surface area contributed by atoms with Gasteiger partial charge in [0.2, 0.25) is 5.82 Å². The third-order valence-electron chi connectivity index (χ3n) is 6.35. The van der Waals surface area contributed by atoms with Crippen LogP contribution in [0.1, 0.15) is 30.2 Å². The first-order valence-electron chi connectivity index (χ1n) is 12.1. The zero-order chi connectivity index (χ0) is 26.7. The van der Waals surface area contributed by atoms with Gasteiger partial charge in [0.15, 0.2) is 11.8 Å². The lowest BCUT2D eigenvalue weighted by Crippen LogP contribution is -2.36. The van der Waals surface area contributed by atoms with E-state index in [1.165, 1.54) is 24.3 Å². The summed E-state index contributed by atoms with van der Waals surface area (Å²) in [6, 6.07) is 14.1. The number of nitrogens with one attached hydrogen (secondary N) is 1. The highest BCUT2D eigenvalue weighted by molar-refractivity contribution is 5.82. The van der Waals surface area contributed by atoms with E-state index in [-0.39, 0.29) is 23.0 Å². The molecule has 1 fully saturated rings. The van der Waals surface area contributed by atoms with Gasteiger partial charge in [-0.2, -0.15) is 23.3 Å². The summed E-state index contributed by atoms with van der Waals surface area (Å²) in [6.45, 7) is 3.22. The van der Waals surface area contributed by atoms with Crippen molar-refractivity contribution in [1.29, 1.82) is 0 Å². The quantitative estimate of drug-likeness (QED) is 0.359. The number of benzene rings is 2. The molecule has 4 aromatic rings. The third kappa shape index (κ3) is 5.46. The minimum atomic E-state index is -4.73. The molecule has 1 atom stereocenters. The van der Waals surface area contributed by atoms with Crippen molar-refractivity contribution in [3.05, 3.63) is 72.1 Å². The number of hydrogen-bond donors (Lipinski definition) is 2. The fourth-order valence-corrected chi connectivity index (χ4v) is 4.40. The van der Waals surface area contributed by atoms with E-state index >= 15 is 0 Å². The molecule has 1 amide bonds. The van der Waals surface area contributed by atoms with Crippen LogP contribution in [0, 0.1) is 0 Å². The Morgan fingerprint density at radius 2 is 1.79 bits per heavy atom. The van der Waals surface area contributed by atoms with E-state index < -0.39 is 23.9 Å². The molecule has 38 heavy (non-hydrogen) atoms. The molecule has 0 spiro atoms. The summed E-state index contributed by atoms with van der Waals surface area (Å²) in [5, 5.41) is 20.9. The van der Waals surface area contributed by atoms with Crippen molar-refractivity contribution in [2.75, 3.05) is 26.2 Å². The van der Waals surface area contributed by atoms with Crippen molar-refractivity contribution in [2.24, 2.45) is 0 Å². The lowest BCUT2D eigenvalue weighted by Gasteiger charge is -2.16. The van der Waals surface area contributed by atoms with Crippen LogP contribution in [-0.4, -0.2) is 62.0 Å². The van der Waals surface area contributed by atoms with Crippen LogP contribution in [0.3, 0.4) is 0 Å². The molecule has 2 N–H and O–H groups in total. The molecule has 0 aliphatic carbocycles. The normalized spacial score (nSPS) is 15.1. The molecule has 5 rings (SSSR count). The van der Waals surface area contributed by atoms with E-state index in [0.717, 1.165) is 43.4 Å². The number of aliphatic hydroxyl groups excluding tert-OH is 1. The Hall–Kier alpha value is -4.03. The second kappa shape index (κ2) is 10.8. The molecule has 0 saturated carbocycles. The summed E-state index contributed by atoms with van der Waals surface area (Å²) < 4.78 is 47.9. The van der Waals surface area contributed by atoms with Gasteiger partial charge in [0.1, 0.15) is 0 Å². The molecule has 0 bridgehead atoms. The van der Waals surface area contributed by atoms with Crippen LogP contribution in [0.5, 0.6) is 0 Å². The maximum atomic E-state index is 14.0. The number of amides is 1. The van der Waals surface area contributed by atoms with Gasteiger partial charge >= 0.3 is 6.18 Å². The minimum absolute atomic E-state index is 0.0525. The van der Waals surface area contributed by atoms with Gasteiger partial charge in [-0.25, -0.2) is 4.68 Å².